The molecule has 0 unspecified atom stereocenters. The van der Waals surface area contributed by atoms with Crippen LogP contribution < -0.4 is 14.9 Å². The van der Waals surface area contributed by atoms with Crippen molar-refractivity contribution in [3.05, 3.63) is 78.4 Å². The highest BCUT2D eigenvalue weighted by molar-refractivity contribution is 5.86. The first-order valence-electron chi connectivity index (χ1n) is 8.63. The minimum absolute atomic E-state index is 0.0437. The van der Waals surface area contributed by atoms with Gasteiger partial charge in [0.1, 0.15) is 5.75 Å². The minimum atomic E-state index is -0.411. The maximum atomic E-state index is 11.9. The highest BCUT2D eigenvalue weighted by Gasteiger charge is 2.06. The Labute approximate surface area is 163 Å². The van der Waals surface area contributed by atoms with Gasteiger partial charge in [0.05, 0.1) is 13.3 Å². The number of carbonyl (C=O) groups excluding carboxylic acids is 1. The van der Waals surface area contributed by atoms with Crippen molar-refractivity contribution in [1.29, 1.82) is 0 Å². The van der Waals surface area contributed by atoms with Crippen LogP contribution in [0.3, 0.4) is 0 Å². The number of hydrazone groups is 1. The molecule has 0 aliphatic heterocycles. The second-order valence-electron chi connectivity index (χ2n) is 5.87. The van der Waals surface area contributed by atoms with Crippen molar-refractivity contribution < 1.29 is 19.4 Å². The molecule has 0 bridgehead atoms. The third-order valence-electron chi connectivity index (χ3n) is 3.97. The summed E-state index contributed by atoms with van der Waals surface area (Å²) in [6, 6.07) is 22.5. The molecule has 0 saturated heterocycles. The van der Waals surface area contributed by atoms with E-state index in [0.717, 1.165) is 11.1 Å². The first kappa shape index (κ1) is 19.0. The molecular formula is C22H20N2O4. The predicted molar refractivity (Wildman–Crippen MR) is 108 cm³/mol. The number of nitrogens with one attached hydrogen (secondary N) is 1. The summed E-state index contributed by atoms with van der Waals surface area (Å²) in [7, 11) is 1.46. The number of methoxy groups -OCH3 is 1. The molecule has 28 heavy (non-hydrogen) atoms. The van der Waals surface area contributed by atoms with Gasteiger partial charge in [0, 0.05) is 5.56 Å². The van der Waals surface area contributed by atoms with E-state index in [-0.39, 0.29) is 12.4 Å². The Morgan fingerprint density at radius 2 is 1.71 bits per heavy atom. The molecule has 142 valence electrons. The van der Waals surface area contributed by atoms with Gasteiger partial charge in [0.25, 0.3) is 5.91 Å². The van der Waals surface area contributed by atoms with Crippen LogP contribution in [0.15, 0.2) is 77.9 Å². The lowest BCUT2D eigenvalue weighted by molar-refractivity contribution is -0.123. The van der Waals surface area contributed by atoms with E-state index in [9.17, 15) is 9.90 Å². The van der Waals surface area contributed by atoms with Crippen LogP contribution in [0.5, 0.6) is 17.2 Å². The van der Waals surface area contributed by atoms with Crippen LogP contribution in [-0.2, 0) is 4.79 Å². The maximum Gasteiger partial charge on any atom is 0.277 e. The molecule has 0 atom stereocenters. The Hall–Kier alpha value is -3.80. The van der Waals surface area contributed by atoms with Crippen molar-refractivity contribution in [2.45, 2.75) is 0 Å². The predicted octanol–water partition coefficient (Wildman–Crippen LogP) is 3.60. The number of benzene rings is 3. The molecule has 1 amide bonds. The van der Waals surface area contributed by atoms with E-state index in [4.69, 9.17) is 9.47 Å². The number of aromatic hydroxyl groups is 1. The van der Waals surface area contributed by atoms with Gasteiger partial charge in [-0.1, -0.05) is 48.5 Å². The lowest BCUT2D eigenvalue weighted by Gasteiger charge is -2.07. The molecule has 3 aromatic carbocycles. The first-order chi connectivity index (χ1) is 13.7. The molecule has 3 aromatic rings. The Kier molecular flexibility index (Phi) is 6.25. The van der Waals surface area contributed by atoms with Crippen LogP contribution in [-0.4, -0.2) is 30.9 Å². The molecular weight excluding hydrogens is 356 g/mol. The average Bonchev–Trinajstić information content (AvgIpc) is 2.74. The first-order valence-corrected chi connectivity index (χ1v) is 8.63. The van der Waals surface area contributed by atoms with Gasteiger partial charge < -0.3 is 14.6 Å². The van der Waals surface area contributed by atoms with Gasteiger partial charge in [-0.05, 0) is 35.4 Å². The monoisotopic (exact) mass is 376 g/mol. The molecule has 0 radical (unpaired) electrons. The lowest BCUT2D eigenvalue weighted by Crippen LogP contribution is -2.24. The fourth-order valence-corrected chi connectivity index (χ4v) is 2.54. The number of amides is 1. The van der Waals surface area contributed by atoms with Crippen molar-refractivity contribution in [1.82, 2.24) is 5.43 Å². The number of nitrogens with zero attached hydrogens (tertiary/aromatic N) is 1. The highest BCUT2D eigenvalue weighted by Crippen LogP contribution is 2.28. The number of hydrogen-bond donors (Lipinski definition) is 2. The van der Waals surface area contributed by atoms with E-state index < -0.39 is 5.91 Å². The number of carbonyl (C=O) groups is 1. The van der Waals surface area contributed by atoms with Crippen LogP contribution in [0.2, 0.25) is 0 Å². The lowest BCUT2D eigenvalue weighted by atomic mass is 10.1. The smallest absolute Gasteiger partial charge is 0.277 e. The zero-order valence-corrected chi connectivity index (χ0v) is 15.3. The zero-order valence-electron chi connectivity index (χ0n) is 15.3. The zero-order chi connectivity index (χ0) is 19.8. The quantitative estimate of drug-likeness (QED) is 0.488. The van der Waals surface area contributed by atoms with Gasteiger partial charge in [0.2, 0.25) is 0 Å². The summed E-state index contributed by atoms with van der Waals surface area (Å²) in [6.45, 7) is -0.174. The average molecular weight is 376 g/mol. The van der Waals surface area contributed by atoms with E-state index in [1.54, 1.807) is 18.2 Å². The molecule has 0 spiro atoms. The third kappa shape index (κ3) is 4.88. The highest BCUT2D eigenvalue weighted by atomic mass is 16.5. The molecule has 0 saturated carbocycles. The normalized spacial score (nSPS) is 10.6. The Balaban J connectivity index is 1.51. The van der Waals surface area contributed by atoms with E-state index in [1.165, 1.54) is 13.3 Å². The summed E-state index contributed by atoms with van der Waals surface area (Å²) in [6.07, 6.45) is 1.34. The molecule has 0 aliphatic carbocycles. The standard InChI is InChI=1S/C22H20N2O4/c1-27-20-9-5-8-18(22(20)26)14-23-24-21(25)15-28-19-12-10-17(11-13-19)16-6-3-2-4-7-16/h2-14,26H,15H2,1H3,(H,24,25). The second kappa shape index (κ2) is 9.23. The van der Waals surface area contributed by atoms with Gasteiger partial charge in [0.15, 0.2) is 18.1 Å². The van der Waals surface area contributed by atoms with Crippen LogP contribution >= 0.6 is 0 Å². The van der Waals surface area contributed by atoms with Gasteiger partial charge in [-0.15, -0.1) is 0 Å². The summed E-state index contributed by atoms with van der Waals surface area (Å²) in [4.78, 5) is 11.9. The number of hydrogen-bond acceptors (Lipinski definition) is 5. The molecule has 2 N–H and O–H groups in total. The van der Waals surface area contributed by atoms with Crippen LogP contribution in [0.4, 0.5) is 0 Å². The number of para-hydroxylation sites is 1. The van der Waals surface area contributed by atoms with E-state index in [0.29, 0.717) is 17.1 Å². The third-order valence-corrected chi connectivity index (χ3v) is 3.97. The van der Waals surface area contributed by atoms with Crippen molar-refractivity contribution in [2.24, 2.45) is 5.10 Å². The fraction of sp³-hybridized carbons (Fsp3) is 0.0909. The van der Waals surface area contributed by atoms with Gasteiger partial charge in [-0.2, -0.15) is 5.10 Å². The van der Waals surface area contributed by atoms with Gasteiger partial charge in [-0.3, -0.25) is 4.79 Å². The molecule has 0 fully saturated rings. The summed E-state index contributed by atoms with van der Waals surface area (Å²) >= 11 is 0. The minimum Gasteiger partial charge on any atom is -0.504 e. The number of ether oxygens (including phenoxy) is 2. The van der Waals surface area contributed by atoms with Crippen molar-refractivity contribution in [3.63, 3.8) is 0 Å². The molecule has 0 heterocycles. The van der Waals surface area contributed by atoms with Gasteiger partial charge in [-0.25, -0.2) is 5.43 Å². The molecule has 0 aromatic heterocycles. The van der Waals surface area contributed by atoms with Crippen LogP contribution in [0, 0.1) is 0 Å². The Bertz CT molecular complexity index is 954. The Morgan fingerprint density at radius 1 is 1.00 bits per heavy atom. The second-order valence-corrected chi connectivity index (χ2v) is 5.87. The number of rotatable bonds is 7. The van der Waals surface area contributed by atoms with E-state index in [1.807, 2.05) is 54.6 Å². The fourth-order valence-electron chi connectivity index (χ4n) is 2.54. The molecule has 6 nitrogen and oxygen atoms in total. The number of phenols is 1. The van der Waals surface area contributed by atoms with Crippen LogP contribution in [0.25, 0.3) is 11.1 Å². The van der Waals surface area contributed by atoms with Crippen molar-refractivity contribution in [3.8, 4) is 28.4 Å². The molecule has 0 aliphatic rings. The Morgan fingerprint density at radius 3 is 2.43 bits per heavy atom. The summed E-state index contributed by atoms with van der Waals surface area (Å²) in [5.74, 6) is 0.463. The SMILES string of the molecule is COc1cccc(C=NNC(=O)COc2ccc(-c3ccccc3)cc2)c1O. The van der Waals surface area contributed by atoms with Crippen molar-refractivity contribution in [2.75, 3.05) is 13.7 Å². The molecule has 3 rings (SSSR count). The number of phenolic OH excluding ortho intramolecular Hbond substituents is 1. The topological polar surface area (TPSA) is 80.2 Å². The molecule has 6 heteroatoms. The van der Waals surface area contributed by atoms with Gasteiger partial charge >= 0.3 is 0 Å². The summed E-state index contributed by atoms with van der Waals surface area (Å²) < 4.78 is 10.5. The maximum absolute atomic E-state index is 11.9. The van der Waals surface area contributed by atoms with E-state index in [2.05, 4.69) is 10.5 Å². The van der Waals surface area contributed by atoms with Crippen LogP contribution in [0.1, 0.15) is 5.56 Å². The summed E-state index contributed by atoms with van der Waals surface area (Å²) in [5, 5.41) is 13.8. The summed E-state index contributed by atoms with van der Waals surface area (Å²) in [5.41, 5.74) is 4.97. The van der Waals surface area contributed by atoms with Crippen molar-refractivity contribution >= 4 is 12.1 Å². The largest absolute Gasteiger partial charge is 0.504 e. The van der Waals surface area contributed by atoms with E-state index >= 15 is 0 Å².